The number of benzene rings is 2. The van der Waals surface area contributed by atoms with Crippen LogP contribution in [0.4, 0.5) is 5.69 Å². The standard InChI is InChI=1S/C21H27ClN2O4S/c1-15(2)13-20(16-5-11-19(28-3)12-6-16)23-21(25)14-24(29(4,26)27)18-9-7-17(22)8-10-18/h5-12,15,20H,13-14H2,1-4H3,(H,23,25)/t20-/m0/s1. The minimum absolute atomic E-state index is 0.236. The molecule has 0 aromatic heterocycles. The quantitative estimate of drug-likeness (QED) is 0.641. The first-order valence-electron chi connectivity index (χ1n) is 9.26. The number of nitrogens with zero attached hydrogens (tertiary/aromatic N) is 1. The number of nitrogens with one attached hydrogen (secondary N) is 1. The van der Waals surface area contributed by atoms with Gasteiger partial charge in [0.25, 0.3) is 0 Å². The van der Waals surface area contributed by atoms with Gasteiger partial charge in [0.05, 0.1) is 25.1 Å². The van der Waals surface area contributed by atoms with Gasteiger partial charge in [-0.25, -0.2) is 8.42 Å². The van der Waals surface area contributed by atoms with Crippen LogP contribution in [0.5, 0.6) is 5.75 Å². The molecule has 0 bridgehead atoms. The van der Waals surface area contributed by atoms with Crippen molar-refractivity contribution in [2.75, 3.05) is 24.2 Å². The Hall–Kier alpha value is -2.25. The summed E-state index contributed by atoms with van der Waals surface area (Å²) in [6.45, 7) is 3.82. The number of hydrogen-bond acceptors (Lipinski definition) is 4. The normalized spacial score (nSPS) is 12.5. The number of ether oxygens (including phenoxy) is 1. The Balaban J connectivity index is 2.20. The number of hydrogen-bond donors (Lipinski definition) is 1. The SMILES string of the molecule is COc1ccc([C@H](CC(C)C)NC(=O)CN(c2ccc(Cl)cc2)S(C)(=O)=O)cc1. The number of carbonyl (C=O) groups excluding carboxylic acids is 1. The predicted molar refractivity (Wildman–Crippen MR) is 117 cm³/mol. The molecule has 0 unspecified atom stereocenters. The summed E-state index contributed by atoms with van der Waals surface area (Å²) >= 11 is 5.89. The lowest BCUT2D eigenvalue weighted by atomic mass is 9.97. The molecular formula is C21H27ClN2O4S. The van der Waals surface area contributed by atoms with Crippen molar-refractivity contribution in [1.82, 2.24) is 5.32 Å². The van der Waals surface area contributed by atoms with Gasteiger partial charge in [0.2, 0.25) is 15.9 Å². The minimum atomic E-state index is -3.65. The molecule has 0 saturated heterocycles. The molecule has 8 heteroatoms. The van der Waals surface area contributed by atoms with E-state index in [4.69, 9.17) is 16.3 Å². The Morgan fingerprint density at radius 3 is 2.17 bits per heavy atom. The summed E-state index contributed by atoms with van der Waals surface area (Å²) in [5.41, 5.74) is 1.32. The van der Waals surface area contributed by atoms with Crippen LogP contribution in [0.2, 0.25) is 5.02 Å². The van der Waals surface area contributed by atoms with Gasteiger partial charge in [0, 0.05) is 5.02 Å². The van der Waals surface area contributed by atoms with E-state index in [0.29, 0.717) is 16.6 Å². The van der Waals surface area contributed by atoms with Gasteiger partial charge in [0.1, 0.15) is 12.3 Å². The molecule has 6 nitrogen and oxygen atoms in total. The Bertz CT molecular complexity index is 913. The molecule has 0 aliphatic rings. The van der Waals surface area contributed by atoms with E-state index < -0.39 is 10.0 Å². The summed E-state index contributed by atoms with van der Waals surface area (Å²) < 4.78 is 30.8. The van der Waals surface area contributed by atoms with Crippen LogP contribution in [-0.4, -0.2) is 34.2 Å². The molecule has 2 aromatic carbocycles. The molecule has 29 heavy (non-hydrogen) atoms. The third kappa shape index (κ3) is 6.94. The molecular weight excluding hydrogens is 412 g/mol. The van der Waals surface area contributed by atoms with E-state index in [1.807, 2.05) is 24.3 Å². The van der Waals surface area contributed by atoms with Crippen LogP contribution in [0.25, 0.3) is 0 Å². The maximum atomic E-state index is 12.8. The molecule has 0 spiro atoms. The molecule has 1 atom stereocenters. The predicted octanol–water partition coefficient (Wildman–Crippen LogP) is 4.02. The number of carbonyl (C=O) groups is 1. The van der Waals surface area contributed by atoms with Crippen LogP contribution < -0.4 is 14.4 Å². The largest absolute Gasteiger partial charge is 0.497 e. The molecule has 158 valence electrons. The summed E-state index contributed by atoms with van der Waals surface area (Å²) in [6.07, 6.45) is 1.79. The first kappa shape index (κ1) is 23.0. The van der Waals surface area contributed by atoms with E-state index in [9.17, 15) is 13.2 Å². The summed E-state index contributed by atoms with van der Waals surface area (Å²) in [6, 6.07) is 13.6. The maximum absolute atomic E-state index is 12.8. The monoisotopic (exact) mass is 438 g/mol. The molecule has 0 heterocycles. The van der Waals surface area contributed by atoms with Crippen LogP contribution in [-0.2, 0) is 14.8 Å². The van der Waals surface area contributed by atoms with Gasteiger partial charge in [-0.3, -0.25) is 9.10 Å². The van der Waals surface area contributed by atoms with Crippen LogP contribution >= 0.6 is 11.6 Å². The van der Waals surface area contributed by atoms with Gasteiger partial charge in [-0.15, -0.1) is 0 Å². The van der Waals surface area contributed by atoms with Crippen molar-refractivity contribution in [2.24, 2.45) is 5.92 Å². The summed E-state index contributed by atoms with van der Waals surface area (Å²) in [5.74, 6) is 0.686. The van der Waals surface area contributed by atoms with Crippen molar-refractivity contribution < 1.29 is 17.9 Å². The Morgan fingerprint density at radius 2 is 1.69 bits per heavy atom. The van der Waals surface area contributed by atoms with Crippen molar-refractivity contribution in [2.45, 2.75) is 26.3 Å². The van der Waals surface area contributed by atoms with Gasteiger partial charge < -0.3 is 10.1 Å². The van der Waals surface area contributed by atoms with Crippen LogP contribution in [0, 0.1) is 5.92 Å². The fourth-order valence-corrected chi connectivity index (χ4v) is 3.95. The highest BCUT2D eigenvalue weighted by molar-refractivity contribution is 7.92. The zero-order valence-electron chi connectivity index (χ0n) is 17.1. The molecule has 1 amide bonds. The van der Waals surface area contributed by atoms with Gasteiger partial charge in [-0.1, -0.05) is 37.6 Å². The van der Waals surface area contributed by atoms with E-state index in [-0.39, 0.29) is 18.5 Å². The number of methoxy groups -OCH3 is 1. The van der Waals surface area contributed by atoms with E-state index in [2.05, 4.69) is 19.2 Å². The molecule has 0 saturated carbocycles. The van der Waals surface area contributed by atoms with Gasteiger partial charge in [-0.05, 0) is 54.3 Å². The summed E-state index contributed by atoms with van der Waals surface area (Å²) in [5, 5.41) is 3.46. The lowest BCUT2D eigenvalue weighted by Gasteiger charge is -2.25. The van der Waals surface area contributed by atoms with Gasteiger partial charge in [0.15, 0.2) is 0 Å². The molecule has 2 aromatic rings. The average Bonchev–Trinajstić information content (AvgIpc) is 2.65. The smallest absolute Gasteiger partial charge is 0.241 e. The number of halogens is 1. The topological polar surface area (TPSA) is 75.7 Å². The minimum Gasteiger partial charge on any atom is -0.497 e. The second-order valence-electron chi connectivity index (χ2n) is 7.27. The zero-order valence-corrected chi connectivity index (χ0v) is 18.6. The van der Waals surface area contributed by atoms with Crippen molar-refractivity contribution >= 4 is 33.2 Å². The van der Waals surface area contributed by atoms with Gasteiger partial charge >= 0.3 is 0 Å². The first-order valence-corrected chi connectivity index (χ1v) is 11.5. The molecule has 2 rings (SSSR count). The number of anilines is 1. The third-order valence-corrected chi connectivity index (χ3v) is 5.76. The Morgan fingerprint density at radius 1 is 1.10 bits per heavy atom. The van der Waals surface area contributed by atoms with E-state index >= 15 is 0 Å². The highest BCUT2D eigenvalue weighted by Gasteiger charge is 2.23. The lowest BCUT2D eigenvalue weighted by molar-refractivity contribution is -0.120. The molecule has 0 fully saturated rings. The first-order chi connectivity index (χ1) is 13.6. The fraction of sp³-hybridized carbons (Fsp3) is 0.381. The highest BCUT2D eigenvalue weighted by Crippen LogP contribution is 2.24. The Kier molecular flexibility index (Phi) is 7.93. The molecule has 1 N–H and O–H groups in total. The van der Waals surface area contributed by atoms with E-state index in [1.54, 1.807) is 31.4 Å². The van der Waals surface area contributed by atoms with E-state index in [1.165, 1.54) is 0 Å². The molecule has 0 aliphatic heterocycles. The second kappa shape index (κ2) is 9.98. The molecule has 0 aliphatic carbocycles. The second-order valence-corrected chi connectivity index (χ2v) is 9.61. The lowest BCUT2D eigenvalue weighted by Crippen LogP contribution is -2.41. The summed E-state index contributed by atoms with van der Waals surface area (Å²) in [7, 11) is -2.05. The van der Waals surface area contributed by atoms with Crippen molar-refractivity contribution in [1.29, 1.82) is 0 Å². The van der Waals surface area contributed by atoms with Crippen LogP contribution in [0.3, 0.4) is 0 Å². The van der Waals surface area contributed by atoms with Crippen LogP contribution in [0.15, 0.2) is 48.5 Å². The van der Waals surface area contributed by atoms with E-state index in [0.717, 1.165) is 28.3 Å². The van der Waals surface area contributed by atoms with Crippen LogP contribution in [0.1, 0.15) is 31.9 Å². The third-order valence-electron chi connectivity index (χ3n) is 4.36. The average molecular weight is 439 g/mol. The zero-order chi connectivity index (χ0) is 21.6. The Labute approximate surface area is 177 Å². The van der Waals surface area contributed by atoms with Crippen molar-refractivity contribution in [3.8, 4) is 5.75 Å². The highest BCUT2D eigenvalue weighted by atomic mass is 35.5. The fourth-order valence-electron chi connectivity index (χ4n) is 2.96. The van der Waals surface area contributed by atoms with Crippen molar-refractivity contribution in [3.63, 3.8) is 0 Å². The number of rotatable bonds is 9. The number of amides is 1. The maximum Gasteiger partial charge on any atom is 0.241 e. The van der Waals surface area contributed by atoms with Crippen molar-refractivity contribution in [3.05, 3.63) is 59.1 Å². The van der Waals surface area contributed by atoms with Gasteiger partial charge in [-0.2, -0.15) is 0 Å². The molecule has 0 radical (unpaired) electrons. The number of sulfonamides is 1. The summed E-state index contributed by atoms with van der Waals surface area (Å²) in [4.78, 5) is 12.8.